The molecule has 1 unspecified atom stereocenters. The fourth-order valence-electron chi connectivity index (χ4n) is 6.45. The fraction of sp³-hybridized carbons (Fsp3) is 0.378. The number of carbonyl (C=O) groups excluding carboxylic acids is 4. The number of carbonyl (C=O) groups is 4. The lowest BCUT2D eigenvalue weighted by atomic mass is 10.0. The van der Waals surface area contributed by atoms with Gasteiger partial charge in [0.1, 0.15) is 22.7 Å². The number of aryl methyl sites for hydroxylation is 1. The Hall–Kier alpha value is -5.44. The number of hydrogen-bond donors (Lipinski definition) is 4. The molecule has 53 heavy (non-hydrogen) atoms. The number of piperidine rings is 1. The van der Waals surface area contributed by atoms with Crippen molar-refractivity contribution in [2.75, 3.05) is 16.0 Å². The predicted molar refractivity (Wildman–Crippen MR) is 194 cm³/mol. The van der Waals surface area contributed by atoms with Crippen LogP contribution in [0.4, 0.5) is 31.9 Å². The van der Waals surface area contributed by atoms with Gasteiger partial charge in [0.25, 0.3) is 5.91 Å². The van der Waals surface area contributed by atoms with E-state index in [4.69, 9.17) is 11.6 Å². The maximum atomic E-state index is 14.0. The van der Waals surface area contributed by atoms with Gasteiger partial charge in [-0.25, -0.2) is 13.8 Å². The maximum Gasteiger partial charge on any atom is 0.255 e. The minimum atomic E-state index is -0.704. The highest BCUT2D eigenvalue weighted by Gasteiger charge is 2.40. The largest absolute Gasteiger partial charge is 0.364 e. The van der Waals surface area contributed by atoms with Crippen molar-refractivity contribution in [1.82, 2.24) is 30.0 Å². The Kier molecular flexibility index (Phi) is 12.2. The number of fused-ring (bicyclic) bond motifs is 1. The van der Waals surface area contributed by atoms with Crippen LogP contribution in [-0.4, -0.2) is 54.3 Å². The van der Waals surface area contributed by atoms with Gasteiger partial charge in [0.15, 0.2) is 5.82 Å². The molecule has 1 saturated heterocycles. The minimum absolute atomic E-state index is 0.00682. The summed E-state index contributed by atoms with van der Waals surface area (Å²) in [5.41, 5.74) is 2.57. The van der Waals surface area contributed by atoms with Crippen LogP contribution in [0.25, 0.3) is 0 Å². The molecule has 0 spiro atoms. The Morgan fingerprint density at radius 1 is 1.00 bits per heavy atom. The smallest absolute Gasteiger partial charge is 0.255 e. The van der Waals surface area contributed by atoms with Crippen molar-refractivity contribution in [3.63, 3.8) is 0 Å². The second-order valence-electron chi connectivity index (χ2n) is 13.1. The van der Waals surface area contributed by atoms with E-state index in [0.29, 0.717) is 28.9 Å². The van der Waals surface area contributed by atoms with Crippen LogP contribution in [0.5, 0.6) is 0 Å². The molecule has 2 aliphatic heterocycles. The zero-order chi connectivity index (χ0) is 37.3. The van der Waals surface area contributed by atoms with Gasteiger partial charge in [-0.1, -0.05) is 49.8 Å². The molecule has 278 valence electrons. The molecule has 4 aromatic rings. The van der Waals surface area contributed by atoms with Gasteiger partial charge in [0, 0.05) is 61.1 Å². The summed E-state index contributed by atoms with van der Waals surface area (Å²) < 4.78 is 29.3. The summed E-state index contributed by atoms with van der Waals surface area (Å²) in [5.74, 6) is -1.71. The first-order valence-corrected chi connectivity index (χ1v) is 18.1. The van der Waals surface area contributed by atoms with Crippen LogP contribution in [0, 0.1) is 11.6 Å². The van der Waals surface area contributed by atoms with Crippen LogP contribution in [0.15, 0.2) is 55.0 Å². The summed E-state index contributed by atoms with van der Waals surface area (Å²) in [4.78, 5) is 59.7. The number of hydrogen-bond acceptors (Lipinski definition) is 9. The van der Waals surface area contributed by atoms with Crippen LogP contribution in [0.2, 0.25) is 5.02 Å². The molecule has 0 bridgehead atoms. The van der Waals surface area contributed by atoms with E-state index in [1.165, 1.54) is 11.1 Å². The number of benzene rings is 2. The summed E-state index contributed by atoms with van der Waals surface area (Å²) in [6.45, 7) is 0.946. The SMILES string of the molecule is O=C1CCC(N2Cc3c(NC(=O)CCCCCCCCCn4cc(Nc5ncc(Cl)c(NCc6cc(F)ccc6F)n5)cn4)cccc3C2=O)C(=O)N1. The molecule has 6 rings (SSSR count). The lowest BCUT2D eigenvalue weighted by Crippen LogP contribution is -2.52. The third kappa shape index (κ3) is 9.71. The Bertz CT molecular complexity index is 1990. The van der Waals surface area contributed by atoms with E-state index in [0.717, 1.165) is 69.7 Å². The summed E-state index contributed by atoms with van der Waals surface area (Å²) in [6, 6.07) is 7.72. The summed E-state index contributed by atoms with van der Waals surface area (Å²) in [7, 11) is 0. The quantitative estimate of drug-likeness (QED) is 0.0700. The van der Waals surface area contributed by atoms with Crippen molar-refractivity contribution < 1.29 is 28.0 Å². The summed E-state index contributed by atoms with van der Waals surface area (Å²) >= 11 is 6.21. The van der Waals surface area contributed by atoms with E-state index < -0.39 is 23.6 Å². The average molecular weight is 748 g/mol. The Morgan fingerprint density at radius 2 is 1.79 bits per heavy atom. The third-order valence-corrected chi connectivity index (χ3v) is 9.51. The molecule has 2 aromatic heterocycles. The summed E-state index contributed by atoms with van der Waals surface area (Å²) in [5, 5.41) is 15.9. The number of rotatable bonds is 17. The summed E-state index contributed by atoms with van der Waals surface area (Å²) in [6.07, 6.45) is 12.6. The van der Waals surface area contributed by atoms with Crippen molar-refractivity contribution >= 4 is 58.4 Å². The van der Waals surface area contributed by atoms with Gasteiger partial charge in [-0.3, -0.25) is 29.2 Å². The van der Waals surface area contributed by atoms with Crippen LogP contribution >= 0.6 is 11.6 Å². The van der Waals surface area contributed by atoms with Gasteiger partial charge < -0.3 is 20.9 Å². The zero-order valence-electron chi connectivity index (χ0n) is 29.0. The minimum Gasteiger partial charge on any atom is -0.364 e. The van der Waals surface area contributed by atoms with Crippen molar-refractivity contribution in [3.8, 4) is 0 Å². The van der Waals surface area contributed by atoms with E-state index >= 15 is 0 Å². The van der Waals surface area contributed by atoms with Crippen LogP contribution in [0.1, 0.15) is 85.7 Å². The molecule has 0 saturated carbocycles. The van der Waals surface area contributed by atoms with Crippen LogP contribution in [0.3, 0.4) is 0 Å². The molecule has 1 fully saturated rings. The molecular weight excluding hydrogens is 708 g/mol. The van der Waals surface area contributed by atoms with Crippen molar-refractivity contribution in [2.24, 2.45) is 0 Å². The third-order valence-electron chi connectivity index (χ3n) is 9.23. The highest BCUT2D eigenvalue weighted by atomic mass is 35.5. The Morgan fingerprint density at radius 3 is 2.60 bits per heavy atom. The standard InChI is InChI=1S/C37H40ClF2N9O4/c38-28-20-42-37(47-34(28)41-18-23-17-24(39)12-13-29(23)40)44-25-19-43-48(21-25)16-7-5-3-1-2-4-6-11-32(50)45-30-10-8-9-26-27(30)22-49(36(26)53)31-14-15-33(51)46-35(31)52/h8-10,12-13,17,19-21,31H,1-7,11,14-16,18,22H2,(H,45,50)(H,46,51,52)(H2,41,42,44,47). The van der Waals surface area contributed by atoms with Crippen molar-refractivity contribution in [1.29, 1.82) is 0 Å². The molecule has 2 aliphatic rings. The first kappa shape index (κ1) is 37.3. The number of unbranched alkanes of at least 4 members (excludes halogenated alkanes) is 6. The maximum absolute atomic E-state index is 14.0. The van der Waals surface area contributed by atoms with Gasteiger partial charge in [-0.05, 0) is 49.6 Å². The molecule has 0 radical (unpaired) electrons. The number of anilines is 4. The molecule has 4 amide bonds. The fourth-order valence-corrected chi connectivity index (χ4v) is 6.61. The van der Waals surface area contributed by atoms with Crippen molar-refractivity contribution in [3.05, 3.63) is 88.3 Å². The second-order valence-corrected chi connectivity index (χ2v) is 13.5. The second kappa shape index (κ2) is 17.4. The van der Waals surface area contributed by atoms with E-state index in [9.17, 15) is 28.0 Å². The number of nitrogens with one attached hydrogen (secondary N) is 4. The molecule has 0 aliphatic carbocycles. The van der Waals surface area contributed by atoms with Gasteiger partial charge >= 0.3 is 0 Å². The van der Waals surface area contributed by atoms with E-state index in [2.05, 4.69) is 36.3 Å². The van der Waals surface area contributed by atoms with Crippen LogP contribution < -0.4 is 21.3 Å². The first-order chi connectivity index (χ1) is 25.6. The van der Waals surface area contributed by atoms with Gasteiger partial charge in [-0.2, -0.15) is 10.1 Å². The van der Waals surface area contributed by atoms with Gasteiger partial charge in [-0.15, -0.1) is 0 Å². The number of aromatic nitrogens is 4. The molecule has 1 atom stereocenters. The zero-order valence-corrected chi connectivity index (χ0v) is 29.7. The average Bonchev–Trinajstić information content (AvgIpc) is 3.72. The molecule has 4 N–H and O–H groups in total. The van der Waals surface area contributed by atoms with Crippen molar-refractivity contribution in [2.45, 2.75) is 89.9 Å². The van der Waals surface area contributed by atoms with Gasteiger partial charge in [0.2, 0.25) is 23.7 Å². The Labute approximate surface area is 309 Å². The monoisotopic (exact) mass is 747 g/mol. The number of halogens is 3. The predicted octanol–water partition coefficient (Wildman–Crippen LogP) is 6.48. The highest BCUT2D eigenvalue weighted by molar-refractivity contribution is 6.32. The highest BCUT2D eigenvalue weighted by Crippen LogP contribution is 2.32. The molecule has 2 aromatic carbocycles. The number of amides is 4. The lowest BCUT2D eigenvalue weighted by molar-refractivity contribution is -0.137. The van der Waals surface area contributed by atoms with Gasteiger partial charge in [0.05, 0.1) is 18.1 Å². The molecule has 16 heteroatoms. The molecule has 4 heterocycles. The van der Waals surface area contributed by atoms with E-state index in [-0.39, 0.29) is 66.0 Å². The molecule has 13 nitrogen and oxygen atoms in total. The topological polar surface area (TPSA) is 163 Å². The Balaban J connectivity index is 0.847. The lowest BCUT2D eigenvalue weighted by Gasteiger charge is -2.29. The number of imide groups is 1. The first-order valence-electron chi connectivity index (χ1n) is 17.7. The number of nitrogens with zero attached hydrogens (tertiary/aromatic N) is 5. The van der Waals surface area contributed by atoms with Crippen LogP contribution in [-0.2, 0) is 34.0 Å². The normalized spacial score (nSPS) is 15.3. The molecular formula is C37H40ClF2N9O4. The van der Waals surface area contributed by atoms with E-state index in [1.54, 1.807) is 24.4 Å². The van der Waals surface area contributed by atoms with E-state index in [1.807, 2.05) is 10.9 Å².